The second-order valence-electron chi connectivity index (χ2n) is 1.80. The van der Waals surface area contributed by atoms with E-state index in [-0.39, 0.29) is 0 Å². The van der Waals surface area contributed by atoms with Crippen LogP contribution in [0.3, 0.4) is 0 Å². The number of hydrogen-bond acceptors (Lipinski definition) is 4. The first kappa shape index (κ1) is 5.61. The Morgan fingerprint density at radius 1 is 1.50 bits per heavy atom. The molecule has 50 valence electrons. The van der Waals surface area contributed by atoms with Gasteiger partial charge in [-0.1, -0.05) is 4.49 Å². The zero-order valence-electron chi connectivity index (χ0n) is 5.02. The Bertz CT molecular complexity index is 255. The standard InChI is InChI=1S/C6H4N2OS/c1-2-9-3-5(1)6-4-10-8-7-6/h1-4H. The van der Waals surface area contributed by atoms with Gasteiger partial charge in [-0.15, -0.1) is 5.10 Å². The number of rotatable bonds is 1. The summed E-state index contributed by atoms with van der Waals surface area (Å²) in [6.45, 7) is 0. The normalized spacial score (nSPS) is 10.0. The SMILES string of the molecule is c1cc(-c2csnn2)co1. The summed E-state index contributed by atoms with van der Waals surface area (Å²) in [5.74, 6) is 0. The smallest absolute Gasteiger partial charge is 0.109 e. The van der Waals surface area contributed by atoms with Crippen molar-refractivity contribution in [1.82, 2.24) is 9.59 Å². The largest absolute Gasteiger partial charge is 0.472 e. The van der Waals surface area contributed by atoms with E-state index in [9.17, 15) is 0 Å². The van der Waals surface area contributed by atoms with E-state index in [1.165, 1.54) is 11.5 Å². The van der Waals surface area contributed by atoms with Gasteiger partial charge in [-0.25, -0.2) is 0 Å². The van der Waals surface area contributed by atoms with Crippen LogP contribution in [0.4, 0.5) is 0 Å². The fraction of sp³-hybridized carbons (Fsp3) is 0. The highest BCUT2D eigenvalue weighted by Gasteiger charge is 1.99. The second kappa shape index (κ2) is 2.22. The van der Waals surface area contributed by atoms with Crippen LogP contribution in [0, 0.1) is 0 Å². The average molecular weight is 152 g/mol. The number of aromatic nitrogens is 2. The van der Waals surface area contributed by atoms with E-state index in [1.807, 2.05) is 11.4 Å². The van der Waals surface area contributed by atoms with Crippen LogP contribution < -0.4 is 0 Å². The first-order valence-electron chi connectivity index (χ1n) is 2.76. The third kappa shape index (κ3) is 0.823. The summed E-state index contributed by atoms with van der Waals surface area (Å²) in [7, 11) is 0. The predicted molar refractivity (Wildman–Crippen MR) is 37.6 cm³/mol. The van der Waals surface area contributed by atoms with Crippen LogP contribution in [0.5, 0.6) is 0 Å². The molecule has 10 heavy (non-hydrogen) atoms. The zero-order chi connectivity index (χ0) is 6.81. The van der Waals surface area contributed by atoms with E-state index in [0.29, 0.717) is 0 Å². The summed E-state index contributed by atoms with van der Waals surface area (Å²) in [6, 6.07) is 1.86. The summed E-state index contributed by atoms with van der Waals surface area (Å²) < 4.78 is 8.60. The molecule has 0 aliphatic carbocycles. The van der Waals surface area contributed by atoms with Crippen LogP contribution in [-0.4, -0.2) is 9.59 Å². The molecule has 0 aliphatic rings. The lowest BCUT2D eigenvalue weighted by atomic mass is 10.3. The van der Waals surface area contributed by atoms with Gasteiger partial charge in [-0.2, -0.15) is 0 Å². The van der Waals surface area contributed by atoms with E-state index in [2.05, 4.69) is 9.59 Å². The molecule has 2 rings (SSSR count). The molecule has 3 nitrogen and oxygen atoms in total. The Morgan fingerprint density at radius 3 is 3.10 bits per heavy atom. The molecular weight excluding hydrogens is 148 g/mol. The molecule has 0 aliphatic heterocycles. The molecule has 2 aromatic heterocycles. The van der Waals surface area contributed by atoms with Crippen molar-refractivity contribution in [2.45, 2.75) is 0 Å². The van der Waals surface area contributed by atoms with Gasteiger partial charge in [-0.05, 0) is 17.6 Å². The first-order chi connectivity index (χ1) is 4.97. The molecule has 4 heteroatoms. The summed E-state index contributed by atoms with van der Waals surface area (Å²) in [5, 5.41) is 5.75. The first-order valence-corrected chi connectivity index (χ1v) is 3.60. The predicted octanol–water partition coefficient (Wildman–Crippen LogP) is 1.80. The lowest BCUT2D eigenvalue weighted by Gasteiger charge is -1.80. The quantitative estimate of drug-likeness (QED) is 0.625. The van der Waals surface area contributed by atoms with Gasteiger partial charge in [0.05, 0.1) is 12.5 Å². The number of nitrogens with zero attached hydrogens (tertiary/aromatic N) is 2. The molecule has 0 fully saturated rings. The van der Waals surface area contributed by atoms with Crippen molar-refractivity contribution in [2.75, 3.05) is 0 Å². The molecule has 0 radical (unpaired) electrons. The molecule has 0 spiro atoms. The van der Waals surface area contributed by atoms with Crippen molar-refractivity contribution >= 4 is 11.5 Å². The Kier molecular flexibility index (Phi) is 1.25. The highest BCUT2D eigenvalue weighted by molar-refractivity contribution is 7.03. The number of hydrogen-bond donors (Lipinski definition) is 0. The lowest BCUT2D eigenvalue weighted by molar-refractivity contribution is 0.568. The van der Waals surface area contributed by atoms with Crippen LogP contribution in [0.25, 0.3) is 11.3 Å². The maximum absolute atomic E-state index is 4.88. The van der Waals surface area contributed by atoms with Crippen LogP contribution in [0.2, 0.25) is 0 Å². The average Bonchev–Trinajstić information content (AvgIpc) is 2.59. The summed E-state index contributed by atoms with van der Waals surface area (Å²) >= 11 is 1.34. The number of furan rings is 1. The van der Waals surface area contributed by atoms with Gasteiger partial charge in [-0.3, -0.25) is 0 Å². The van der Waals surface area contributed by atoms with Gasteiger partial charge in [0.15, 0.2) is 0 Å². The zero-order valence-corrected chi connectivity index (χ0v) is 5.84. The van der Waals surface area contributed by atoms with Crippen molar-refractivity contribution in [2.24, 2.45) is 0 Å². The van der Waals surface area contributed by atoms with E-state index >= 15 is 0 Å². The van der Waals surface area contributed by atoms with E-state index < -0.39 is 0 Å². The lowest BCUT2D eigenvalue weighted by Crippen LogP contribution is -1.70. The topological polar surface area (TPSA) is 38.9 Å². The maximum atomic E-state index is 4.88. The molecule has 0 saturated carbocycles. The Hall–Kier alpha value is -1.16. The highest BCUT2D eigenvalue weighted by atomic mass is 32.1. The van der Waals surface area contributed by atoms with Gasteiger partial charge >= 0.3 is 0 Å². The van der Waals surface area contributed by atoms with E-state index in [0.717, 1.165) is 11.3 Å². The Labute approximate surface area is 61.5 Å². The van der Waals surface area contributed by atoms with Crippen molar-refractivity contribution in [3.8, 4) is 11.3 Å². The molecular formula is C6H4N2OS. The van der Waals surface area contributed by atoms with Crippen LogP contribution in [0.1, 0.15) is 0 Å². The van der Waals surface area contributed by atoms with Crippen molar-refractivity contribution in [1.29, 1.82) is 0 Å². The summed E-state index contributed by atoms with van der Waals surface area (Å²) in [5.41, 5.74) is 1.85. The van der Waals surface area contributed by atoms with Crippen molar-refractivity contribution < 1.29 is 4.42 Å². The van der Waals surface area contributed by atoms with Gasteiger partial charge < -0.3 is 4.42 Å². The minimum atomic E-state index is 0.874. The molecule has 2 aromatic rings. The van der Waals surface area contributed by atoms with Gasteiger partial charge in [0.1, 0.15) is 5.69 Å². The third-order valence-electron chi connectivity index (χ3n) is 1.18. The molecule has 0 saturated heterocycles. The van der Waals surface area contributed by atoms with E-state index in [4.69, 9.17) is 4.42 Å². The minimum absolute atomic E-state index is 0.874. The van der Waals surface area contributed by atoms with E-state index in [1.54, 1.807) is 12.5 Å². The van der Waals surface area contributed by atoms with Crippen LogP contribution in [0.15, 0.2) is 28.4 Å². The summed E-state index contributed by atoms with van der Waals surface area (Å²) in [4.78, 5) is 0. The third-order valence-corrected chi connectivity index (χ3v) is 1.68. The minimum Gasteiger partial charge on any atom is -0.472 e. The Morgan fingerprint density at radius 2 is 2.50 bits per heavy atom. The van der Waals surface area contributed by atoms with Crippen molar-refractivity contribution in [3.05, 3.63) is 24.0 Å². The fourth-order valence-corrected chi connectivity index (χ4v) is 1.17. The van der Waals surface area contributed by atoms with Gasteiger partial charge in [0, 0.05) is 10.9 Å². The Balaban J connectivity index is 2.48. The molecule has 0 bridgehead atoms. The molecule has 2 heterocycles. The molecule has 0 atom stereocenters. The highest BCUT2D eigenvalue weighted by Crippen LogP contribution is 2.16. The molecule has 0 aromatic carbocycles. The monoisotopic (exact) mass is 152 g/mol. The molecule has 0 unspecified atom stereocenters. The molecule has 0 amide bonds. The second-order valence-corrected chi connectivity index (χ2v) is 2.41. The molecule has 0 N–H and O–H groups in total. The summed E-state index contributed by atoms with van der Waals surface area (Å²) in [6.07, 6.45) is 3.27. The van der Waals surface area contributed by atoms with Crippen molar-refractivity contribution in [3.63, 3.8) is 0 Å². The van der Waals surface area contributed by atoms with Crippen LogP contribution in [-0.2, 0) is 0 Å². The fourth-order valence-electron chi connectivity index (χ4n) is 0.701. The maximum Gasteiger partial charge on any atom is 0.109 e. The van der Waals surface area contributed by atoms with Gasteiger partial charge in [0.2, 0.25) is 0 Å². The van der Waals surface area contributed by atoms with Gasteiger partial charge in [0.25, 0.3) is 0 Å². The van der Waals surface area contributed by atoms with Crippen LogP contribution >= 0.6 is 11.5 Å².